The molecule has 0 amide bonds. The summed E-state index contributed by atoms with van der Waals surface area (Å²) in [5, 5.41) is 9.71. The molecule has 4 nitrogen and oxygen atoms in total. The van der Waals surface area contributed by atoms with Crippen LogP contribution < -0.4 is 4.74 Å². The highest BCUT2D eigenvalue weighted by Gasteiger charge is 2.41. The molecule has 206 valence electrons. The van der Waals surface area contributed by atoms with Crippen LogP contribution in [-0.2, 0) is 33.3 Å². The van der Waals surface area contributed by atoms with Crippen molar-refractivity contribution in [3.8, 4) is 11.5 Å². The molecule has 0 heterocycles. The minimum atomic E-state index is 0.0352. The number of ketones is 2. The molecule has 4 aliphatic carbocycles. The Hall–Kier alpha value is -3.14. The zero-order valence-corrected chi connectivity index (χ0v) is 23.8. The Labute approximate surface area is 233 Å². The Kier molecular flexibility index (Phi) is 7.84. The molecule has 0 saturated carbocycles. The van der Waals surface area contributed by atoms with E-state index in [9.17, 15) is 14.7 Å². The van der Waals surface area contributed by atoms with Gasteiger partial charge in [-0.15, -0.1) is 0 Å². The molecule has 0 bridgehead atoms. The monoisotopic (exact) mass is 526 g/mol. The van der Waals surface area contributed by atoms with Crippen LogP contribution in [0.15, 0.2) is 59.7 Å². The number of methoxy groups -OCH3 is 1. The van der Waals surface area contributed by atoms with Crippen LogP contribution in [0.4, 0.5) is 0 Å². The lowest BCUT2D eigenvalue weighted by Gasteiger charge is -2.38. The molecule has 2 aromatic carbocycles. The Balaban J connectivity index is 0.000000158. The van der Waals surface area contributed by atoms with Crippen molar-refractivity contribution in [1.82, 2.24) is 0 Å². The second-order valence-corrected chi connectivity index (χ2v) is 11.7. The third-order valence-electron chi connectivity index (χ3n) is 9.92. The van der Waals surface area contributed by atoms with Gasteiger partial charge in [0.2, 0.25) is 0 Å². The summed E-state index contributed by atoms with van der Waals surface area (Å²) < 4.78 is 5.37. The highest BCUT2D eigenvalue weighted by atomic mass is 16.5. The number of hydrogen-bond donors (Lipinski definition) is 1. The van der Waals surface area contributed by atoms with Gasteiger partial charge in [-0.05, 0) is 123 Å². The second kappa shape index (κ2) is 11.2. The number of aromatic hydroxyl groups is 1. The minimum Gasteiger partial charge on any atom is -0.508 e. The Morgan fingerprint density at radius 3 is 1.74 bits per heavy atom. The lowest BCUT2D eigenvalue weighted by Crippen LogP contribution is -2.32. The number of hydrogen-bond acceptors (Lipinski definition) is 4. The van der Waals surface area contributed by atoms with Gasteiger partial charge >= 0.3 is 0 Å². The van der Waals surface area contributed by atoms with Crippen LogP contribution in [0.3, 0.4) is 0 Å². The van der Waals surface area contributed by atoms with Crippen molar-refractivity contribution in [1.29, 1.82) is 0 Å². The predicted molar refractivity (Wildman–Crippen MR) is 156 cm³/mol. The van der Waals surface area contributed by atoms with E-state index in [4.69, 9.17) is 4.74 Å². The third-order valence-corrected chi connectivity index (χ3v) is 9.92. The van der Waals surface area contributed by atoms with Crippen LogP contribution in [-0.4, -0.2) is 23.8 Å². The molecule has 4 aliphatic rings. The largest absolute Gasteiger partial charge is 0.508 e. The van der Waals surface area contributed by atoms with Crippen molar-refractivity contribution in [2.75, 3.05) is 7.11 Å². The first kappa shape index (κ1) is 27.4. The van der Waals surface area contributed by atoms with Gasteiger partial charge in [0.25, 0.3) is 0 Å². The molecule has 39 heavy (non-hydrogen) atoms. The summed E-state index contributed by atoms with van der Waals surface area (Å²) in [6, 6.07) is 12.2. The molecule has 0 aromatic heterocycles. The molecule has 0 radical (unpaired) electrons. The first-order valence-electron chi connectivity index (χ1n) is 14.8. The molecule has 4 heteroatoms. The number of rotatable bonds is 3. The minimum absolute atomic E-state index is 0.0352. The maximum absolute atomic E-state index is 11.8. The summed E-state index contributed by atoms with van der Waals surface area (Å²) in [4.78, 5) is 23.5. The molecule has 2 atom stereocenters. The lowest BCUT2D eigenvalue weighted by molar-refractivity contribution is -0.116. The number of carbonyl (C=O) groups is 2. The number of benzene rings is 2. The quantitative estimate of drug-likeness (QED) is 0.446. The summed E-state index contributed by atoms with van der Waals surface area (Å²) in [6.45, 7) is 4.47. The van der Waals surface area contributed by atoms with E-state index >= 15 is 0 Å². The fourth-order valence-corrected chi connectivity index (χ4v) is 7.79. The Bertz CT molecular complexity index is 1330. The molecule has 2 aromatic rings. The smallest absolute Gasteiger partial charge is 0.155 e. The summed E-state index contributed by atoms with van der Waals surface area (Å²) in [6.07, 6.45) is 15.5. The molecule has 1 N–H and O–H groups in total. The van der Waals surface area contributed by atoms with Gasteiger partial charge in [-0.3, -0.25) is 9.59 Å². The summed E-state index contributed by atoms with van der Waals surface area (Å²) in [7, 11) is 1.72. The average Bonchev–Trinajstić information content (AvgIpc) is 3.20. The number of carbonyl (C=O) groups excluding carboxylic acids is 2. The summed E-state index contributed by atoms with van der Waals surface area (Å²) in [5.74, 6) is 1.88. The summed E-state index contributed by atoms with van der Waals surface area (Å²) in [5.41, 5.74) is 8.24. The number of fused-ring (bicyclic) bond motifs is 6. The van der Waals surface area contributed by atoms with Crippen molar-refractivity contribution in [2.45, 2.75) is 102 Å². The molecular weight excluding hydrogens is 484 g/mol. The number of phenolic OH excluding ortho intramolecular Hbond substituents is 1. The molecule has 0 spiro atoms. The van der Waals surface area contributed by atoms with Crippen LogP contribution >= 0.6 is 0 Å². The van der Waals surface area contributed by atoms with Crippen LogP contribution in [0.25, 0.3) is 0 Å². The van der Waals surface area contributed by atoms with E-state index < -0.39 is 0 Å². The summed E-state index contributed by atoms with van der Waals surface area (Å²) >= 11 is 0. The van der Waals surface area contributed by atoms with Crippen LogP contribution in [0, 0.1) is 0 Å². The van der Waals surface area contributed by atoms with Gasteiger partial charge in [0, 0.05) is 23.7 Å². The van der Waals surface area contributed by atoms with Gasteiger partial charge < -0.3 is 9.84 Å². The average molecular weight is 527 g/mol. The van der Waals surface area contributed by atoms with E-state index in [-0.39, 0.29) is 16.6 Å². The van der Waals surface area contributed by atoms with E-state index in [1.54, 1.807) is 13.2 Å². The molecule has 0 saturated heterocycles. The highest BCUT2D eigenvalue weighted by molar-refractivity contribution is 5.92. The molecule has 0 fully saturated rings. The topological polar surface area (TPSA) is 63.6 Å². The van der Waals surface area contributed by atoms with Crippen LogP contribution in [0.1, 0.15) is 100 Å². The molecule has 0 aliphatic heterocycles. The van der Waals surface area contributed by atoms with E-state index in [1.165, 1.54) is 33.4 Å². The lowest BCUT2D eigenvalue weighted by atomic mass is 9.65. The SMILES string of the molecule is CCC12CCC(=O)C=C1CCCc1cc(O)ccc12.CCC12CCC(=O)C=C1CCCc1cc(OC)ccc12. The zero-order chi connectivity index (χ0) is 27.6. The fourth-order valence-electron chi connectivity index (χ4n) is 7.79. The van der Waals surface area contributed by atoms with Crippen molar-refractivity contribution in [3.05, 3.63) is 82.0 Å². The van der Waals surface area contributed by atoms with Gasteiger partial charge in [-0.2, -0.15) is 0 Å². The predicted octanol–water partition coefficient (Wildman–Crippen LogP) is 7.63. The number of aryl methyl sites for hydroxylation is 2. The van der Waals surface area contributed by atoms with Crippen molar-refractivity contribution in [3.63, 3.8) is 0 Å². The zero-order valence-electron chi connectivity index (χ0n) is 23.8. The number of ether oxygens (including phenoxy) is 1. The van der Waals surface area contributed by atoms with Crippen molar-refractivity contribution < 1.29 is 19.4 Å². The molecule has 2 unspecified atom stereocenters. The van der Waals surface area contributed by atoms with Gasteiger partial charge in [0.05, 0.1) is 7.11 Å². The van der Waals surface area contributed by atoms with Gasteiger partial charge in [-0.1, -0.05) is 37.1 Å². The highest BCUT2D eigenvalue weighted by Crippen LogP contribution is 2.49. The number of phenols is 1. The van der Waals surface area contributed by atoms with Crippen LogP contribution in [0.5, 0.6) is 11.5 Å². The van der Waals surface area contributed by atoms with Crippen LogP contribution in [0.2, 0.25) is 0 Å². The maximum atomic E-state index is 11.8. The number of allylic oxidation sites excluding steroid dienone is 4. The first-order chi connectivity index (χ1) is 18.8. The van der Waals surface area contributed by atoms with Gasteiger partial charge in [0.1, 0.15) is 11.5 Å². The van der Waals surface area contributed by atoms with E-state index in [2.05, 4.69) is 38.1 Å². The normalized spacial score (nSPS) is 25.7. The van der Waals surface area contributed by atoms with Crippen molar-refractivity contribution >= 4 is 11.6 Å². The third kappa shape index (κ3) is 4.99. The fraction of sp³-hybridized carbons (Fsp3) is 0.486. The second-order valence-electron chi connectivity index (χ2n) is 11.7. The standard InChI is InChI=1S/C18H22O2.C17H20O2/c1-3-18-10-9-15(19)12-14(18)6-4-5-13-11-16(20-2)7-8-17(13)18;1-2-17-9-8-15(19)11-13(17)5-3-4-12-10-14(18)6-7-16(12)17/h7-8,11-12H,3-6,9-10H2,1-2H3;6-7,10-11,18H,2-5,8-9H2,1H3. The molecular formula is C35H42O4. The Morgan fingerprint density at radius 2 is 1.23 bits per heavy atom. The maximum Gasteiger partial charge on any atom is 0.155 e. The van der Waals surface area contributed by atoms with Gasteiger partial charge in [-0.25, -0.2) is 0 Å². The Morgan fingerprint density at radius 1 is 0.718 bits per heavy atom. The molecule has 6 rings (SSSR count). The van der Waals surface area contributed by atoms with E-state index in [0.29, 0.717) is 24.4 Å². The van der Waals surface area contributed by atoms with E-state index in [0.717, 1.165) is 70.0 Å². The van der Waals surface area contributed by atoms with E-state index in [1.807, 2.05) is 18.2 Å². The van der Waals surface area contributed by atoms with Crippen molar-refractivity contribution in [2.24, 2.45) is 0 Å². The van der Waals surface area contributed by atoms with Gasteiger partial charge in [0.15, 0.2) is 11.6 Å². The first-order valence-corrected chi connectivity index (χ1v) is 14.8.